The summed E-state index contributed by atoms with van der Waals surface area (Å²) in [6, 6.07) is 4.04. The summed E-state index contributed by atoms with van der Waals surface area (Å²) in [5, 5.41) is 10.4. The lowest BCUT2D eigenvalue weighted by Crippen LogP contribution is -2.18. The molecule has 14 heavy (non-hydrogen) atoms. The Bertz CT molecular complexity index is 341. The van der Waals surface area contributed by atoms with Crippen molar-refractivity contribution in [3.8, 4) is 5.75 Å². The molecular formula is C8H11N3O3. The number of nitrogens with one attached hydrogen (secondary N) is 1. The number of nitro benzene ring substituents is 1. The van der Waals surface area contributed by atoms with E-state index in [2.05, 4.69) is 5.48 Å². The van der Waals surface area contributed by atoms with E-state index in [9.17, 15) is 10.1 Å². The summed E-state index contributed by atoms with van der Waals surface area (Å²) in [7, 11) is 0. The van der Waals surface area contributed by atoms with Crippen molar-refractivity contribution in [2.45, 2.75) is 6.92 Å². The molecular weight excluding hydrogens is 186 g/mol. The number of hydrogen-bond acceptors (Lipinski definition) is 5. The summed E-state index contributed by atoms with van der Waals surface area (Å²) in [5.41, 5.74) is 8.42. The molecule has 0 saturated heterocycles. The van der Waals surface area contributed by atoms with Crippen LogP contribution in [0.3, 0.4) is 0 Å². The van der Waals surface area contributed by atoms with Gasteiger partial charge in [0, 0.05) is 12.6 Å². The van der Waals surface area contributed by atoms with Crippen LogP contribution in [-0.2, 0) is 0 Å². The predicted molar refractivity (Wildman–Crippen MR) is 51.8 cm³/mol. The lowest BCUT2D eigenvalue weighted by molar-refractivity contribution is -0.384. The first-order valence-corrected chi connectivity index (χ1v) is 4.08. The highest BCUT2D eigenvalue weighted by atomic mass is 16.6. The fourth-order valence-corrected chi connectivity index (χ4v) is 0.875. The third-order valence-electron chi connectivity index (χ3n) is 1.53. The molecule has 6 nitrogen and oxygen atoms in total. The maximum Gasteiger partial charge on any atom is 0.273 e. The molecule has 0 saturated carbocycles. The number of benzene rings is 1. The standard InChI is InChI=1S/C8H11N3O3/c1-2-10-14-8-5-6(11(12)13)3-4-7(8)9/h3-5,10H,2,9H2,1H3. The molecule has 3 N–H and O–H groups in total. The van der Waals surface area contributed by atoms with E-state index in [1.807, 2.05) is 6.92 Å². The maximum atomic E-state index is 10.4. The van der Waals surface area contributed by atoms with E-state index in [1.54, 1.807) is 0 Å². The second kappa shape index (κ2) is 4.43. The molecule has 0 unspecified atom stereocenters. The highest BCUT2D eigenvalue weighted by Crippen LogP contribution is 2.25. The van der Waals surface area contributed by atoms with Gasteiger partial charge in [0.2, 0.25) is 0 Å². The predicted octanol–water partition coefficient (Wildman–Crippen LogP) is 1.08. The first kappa shape index (κ1) is 10.3. The van der Waals surface area contributed by atoms with E-state index in [1.165, 1.54) is 18.2 Å². The number of anilines is 1. The number of hydroxylamine groups is 1. The van der Waals surface area contributed by atoms with Crippen molar-refractivity contribution >= 4 is 11.4 Å². The molecule has 1 aromatic rings. The van der Waals surface area contributed by atoms with E-state index < -0.39 is 4.92 Å². The highest BCUT2D eigenvalue weighted by Gasteiger charge is 2.09. The lowest BCUT2D eigenvalue weighted by Gasteiger charge is -2.06. The summed E-state index contributed by atoms with van der Waals surface area (Å²) in [6.45, 7) is 2.43. The first-order chi connectivity index (χ1) is 6.65. The second-order valence-corrected chi connectivity index (χ2v) is 2.58. The van der Waals surface area contributed by atoms with Crippen molar-refractivity contribution in [3.63, 3.8) is 0 Å². The molecule has 76 valence electrons. The Morgan fingerprint density at radius 2 is 2.36 bits per heavy atom. The van der Waals surface area contributed by atoms with Crippen LogP contribution in [0, 0.1) is 10.1 Å². The van der Waals surface area contributed by atoms with Gasteiger partial charge in [-0.1, -0.05) is 0 Å². The summed E-state index contributed by atoms with van der Waals surface area (Å²) in [5.74, 6) is 0.265. The molecule has 0 bridgehead atoms. The van der Waals surface area contributed by atoms with Gasteiger partial charge in [-0.3, -0.25) is 10.1 Å². The monoisotopic (exact) mass is 197 g/mol. The number of nitrogen functional groups attached to an aromatic ring is 1. The van der Waals surface area contributed by atoms with Crippen molar-refractivity contribution in [1.29, 1.82) is 0 Å². The van der Waals surface area contributed by atoms with Gasteiger partial charge in [0.25, 0.3) is 5.69 Å². The molecule has 1 aromatic carbocycles. The Morgan fingerprint density at radius 3 is 2.93 bits per heavy atom. The molecule has 0 atom stereocenters. The van der Waals surface area contributed by atoms with Gasteiger partial charge >= 0.3 is 0 Å². The molecule has 0 amide bonds. The largest absolute Gasteiger partial charge is 0.406 e. The molecule has 0 radical (unpaired) electrons. The first-order valence-electron chi connectivity index (χ1n) is 4.08. The van der Waals surface area contributed by atoms with Crippen molar-refractivity contribution in [2.75, 3.05) is 12.3 Å². The summed E-state index contributed by atoms with van der Waals surface area (Å²) in [4.78, 5) is 14.9. The molecule has 6 heteroatoms. The van der Waals surface area contributed by atoms with Gasteiger partial charge in [-0.25, -0.2) is 0 Å². The van der Waals surface area contributed by atoms with E-state index in [0.29, 0.717) is 12.2 Å². The number of rotatable bonds is 4. The minimum absolute atomic E-state index is 0.0490. The van der Waals surface area contributed by atoms with Crippen LogP contribution in [0.1, 0.15) is 6.92 Å². The molecule has 0 aromatic heterocycles. The zero-order valence-electron chi connectivity index (χ0n) is 7.69. The van der Waals surface area contributed by atoms with Crippen LogP contribution in [0.4, 0.5) is 11.4 Å². The summed E-state index contributed by atoms with van der Waals surface area (Å²) >= 11 is 0. The molecule has 0 fully saturated rings. The second-order valence-electron chi connectivity index (χ2n) is 2.58. The highest BCUT2D eigenvalue weighted by molar-refractivity contribution is 5.57. The minimum Gasteiger partial charge on any atom is -0.406 e. The van der Waals surface area contributed by atoms with Crippen molar-refractivity contribution < 1.29 is 9.76 Å². The van der Waals surface area contributed by atoms with E-state index in [4.69, 9.17) is 10.6 Å². The van der Waals surface area contributed by atoms with Crippen molar-refractivity contribution in [2.24, 2.45) is 0 Å². The van der Waals surface area contributed by atoms with Crippen LogP contribution < -0.4 is 16.1 Å². The Hall–Kier alpha value is -1.82. The normalized spacial score (nSPS) is 9.79. The number of nitro groups is 1. The molecule has 1 rings (SSSR count). The van der Waals surface area contributed by atoms with Crippen LogP contribution >= 0.6 is 0 Å². The Kier molecular flexibility index (Phi) is 3.24. The maximum absolute atomic E-state index is 10.4. The Balaban J connectivity index is 2.90. The molecule has 0 aliphatic heterocycles. The van der Waals surface area contributed by atoms with Crippen LogP contribution in [-0.4, -0.2) is 11.5 Å². The fraction of sp³-hybridized carbons (Fsp3) is 0.250. The van der Waals surface area contributed by atoms with Crippen molar-refractivity contribution in [3.05, 3.63) is 28.3 Å². The van der Waals surface area contributed by atoms with Gasteiger partial charge in [0.1, 0.15) is 0 Å². The van der Waals surface area contributed by atoms with Gasteiger partial charge in [-0.05, 0) is 13.0 Å². The van der Waals surface area contributed by atoms with E-state index in [-0.39, 0.29) is 11.4 Å². The number of nitrogens with two attached hydrogens (primary N) is 1. The minimum atomic E-state index is -0.502. The smallest absolute Gasteiger partial charge is 0.273 e. The van der Waals surface area contributed by atoms with Gasteiger partial charge in [-0.15, -0.1) is 0 Å². The zero-order valence-corrected chi connectivity index (χ0v) is 7.69. The topological polar surface area (TPSA) is 90.4 Å². The number of nitrogens with zero attached hydrogens (tertiary/aromatic N) is 1. The van der Waals surface area contributed by atoms with Gasteiger partial charge in [0.05, 0.1) is 16.7 Å². The molecule has 0 heterocycles. The third kappa shape index (κ3) is 2.33. The average molecular weight is 197 g/mol. The number of hydrogen-bond donors (Lipinski definition) is 2. The van der Waals surface area contributed by atoms with Crippen LogP contribution in [0.2, 0.25) is 0 Å². The third-order valence-corrected chi connectivity index (χ3v) is 1.53. The van der Waals surface area contributed by atoms with Gasteiger partial charge in [0.15, 0.2) is 5.75 Å². The fourth-order valence-electron chi connectivity index (χ4n) is 0.875. The lowest BCUT2D eigenvalue weighted by atomic mass is 10.2. The average Bonchev–Trinajstić information content (AvgIpc) is 2.16. The Labute approximate surface area is 80.8 Å². The van der Waals surface area contributed by atoms with Crippen LogP contribution in [0.15, 0.2) is 18.2 Å². The molecule has 0 aliphatic carbocycles. The summed E-state index contributed by atoms with van der Waals surface area (Å²) in [6.07, 6.45) is 0. The van der Waals surface area contributed by atoms with E-state index in [0.717, 1.165) is 0 Å². The number of non-ortho nitro benzene ring substituents is 1. The van der Waals surface area contributed by atoms with Gasteiger partial charge < -0.3 is 10.6 Å². The molecule has 0 spiro atoms. The summed E-state index contributed by atoms with van der Waals surface area (Å²) < 4.78 is 0. The van der Waals surface area contributed by atoms with Gasteiger partial charge in [-0.2, -0.15) is 5.48 Å². The van der Waals surface area contributed by atoms with Crippen LogP contribution in [0.5, 0.6) is 5.75 Å². The SMILES string of the molecule is CCNOc1cc([N+](=O)[O-])ccc1N. The Morgan fingerprint density at radius 1 is 1.64 bits per heavy atom. The molecule has 0 aliphatic rings. The zero-order chi connectivity index (χ0) is 10.6. The van der Waals surface area contributed by atoms with E-state index >= 15 is 0 Å². The quantitative estimate of drug-likeness (QED) is 0.428. The van der Waals surface area contributed by atoms with Crippen molar-refractivity contribution in [1.82, 2.24) is 5.48 Å². The van der Waals surface area contributed by atoms with Crippen LogP contribution in [0.25, 0.3) is 0 Å².